The van der Waals surface area contributed by atoms with Gasteiger partial charge in [-0.05, 0) is 208 Å². The highest BCUT2D eigenvalue weighted by Crippen LogP contribution is 2.14. The topological polar surface area (TPSA) is 47.0 Å². The number of piperazine rings is 1. The Kier molecular flexibility index (Phi) is 39.2. The van der Waals surface area contributed by atoms with E-state index in [1.165, 1.54) is 167 Å². The molecule has 0 amide bonds. The number of morpholine rings is 1. The molecule has 0 spiro atoms. The first-order valence-electron chi connectivity index (χ1n) is 28.7. The molecule has 0 aliphatic carbocycles. The third kappa shape index (κ3) is 34.1. The number of hydrogen-bond donors (Lipinski definition) is 1. The molecular weight excluding hydrogens is 847 g/mol. The third-order valence-electron chi connectivity index (χ3n) is 14.6. The molecule has 0 atom stereocenters. The quantitative estimate of drug-likeness (QED) is 0.237. The molecule has 0 aromatic carbocycles. The molecule has 67 heavy (non-hydrogen) atoms. The van der Waals surface area contributed by atoms with Gasteiger partial charge in [0, 0.05) is 125 Å². The molecule has 8 aliphatic rings. The maximum atomic E-state index is 5.21. The molecule has 0 unspecified atom stereocenters. The molecule has 402 valence electrons. The summed E-state index contributed by atoms with van der Waals surface area (Å²) in [5, 5.41) is 3.33. The van der Waals surface area contributed by atoms with Gasteiger partial charge in [0.1, 0.15) is 0 Å². The highest BCUT2D eigenvalue weighted by molar-refractivity contribution is 7.99. The number of hydrogen-bond acceptors (Lipinski definition) is 11. The van der Waals surface area contributed by atoms with E-state index in [0.29, 0.717) is 6.04 Å². The van der Waals surface area contributed by atoms with Crippen molar-refractivity contribution >= 4 is 11.8 Å². The predicted octanol–water partition coefficient (Wildman–Crippen LogP) is 9.92. The van der Waals surface area contributed by atoms with Crippen LogP contribution in [0.2, 0.25) is 0 Å². The summed E-state index contributed by atoms with van der Waals surface area (Å²) in [6, 6.07) is 6.06. The van der Waals surface area contributed by atoms with Crippen LogP contribution in [0.25, 0.3) is 0 Å². The molecule has 11 heteroatoms. The molecule has 0 bridgehead atoms. The highest BCUT2D eigenvalue weighted by Gasteiger charge is 2.20. The molecule has 1 N–H and O–H groups in total. The number of rotatable bonds is 8. The molecule has 8 rings (SSSR count). The van der Waals surface area contributed by atoms with Crippen LogP contribution >= 0.6 is 11.8 Å². The van der Waals surface area contributed by atoms with Crippen LogP contribution < -0.4 is 5.32 Å². The second-order valence-electron chi connectivity index (χ2n) is 22.5. The fraction of sp³-hybridized carbons (Fsp3) is 1.00. The van der Waals surface area contributed by atoms with Crippen molar-refractivity contribution in [2.45, 2.75) is 223 Å². The van der Waals surface area contributed by atoms with Gasteiger partial charge in [0.2, 0.25) is 0 Å². The highest BCUT2D eigenvalue weighted by atomic mass is 32.2. The normalized spacial score (nSPS) is 22.9. The summed E-state index contributed by atoms with van der Waals surface area (Å²) in [7, 11) is 0. The summed E-state index contributed by atoms with van der Waals surface area (Å²) in [6.07, 6.45) is 14.2. The van der Waals surface area contributed by atoms with Gasteiger partial charge in [-0.3, -0.25) is 19.6 Å². The first-order valence-corrected chi connectivity index (χ1v) is 29.9. The van der Waals surface area contributed by atoms with Crippen LogP contribution in [-0.2, 0) is 4.74 Å². The molecule has 8 fully saturated rings. The Morgan fingerprint density at radius 3 is 0.731 bits per heavy atom. The zero-order valence-electron chi connectivity index (χ0n) is 48.1. The van der Waals surface area contributed by atoms with Crippen molar-refractivity contribution in [3.63, 3.8) is 0 Å². The summed E-state index contributed by atoms with van der Waals surface area (Å²) >= 11 is 2.07. The van der Waals surface area contributed by atoms with Crippen LogP contribution in [0.4, 0.5) is 0 Å². The van der Waals surface area contributed by atoms with E-state index >= 15 is 0 Å². The SMILES string of the molecule is CC(C)N1CC1.CC(C)N1CCC1.CC(C)N1CCCC1.CC(C)N1CCCCC1.CC(C)N1CCCCCC1.CC(C)N1CCNCC1.CC(C)N1CCOCC1.CC(C)N1CCSCC1. The molecule has 8 heterocycles. The standard InChI is InChI=1S/C9H19N.C8H17N.C7H16N2.C7H15NO.C7H15NS.C7H15N.C6H13N.C5H11N/c1-9(2)10-7-5-3-4-6-8-10;1-8(2)9-6-4-3-5-7-9;1-7(2)9-5-3-8-4-6-9;2*1-7(2)8-3-5-9-6-4-8;1-7(2)8-5-3-4-6-8;1-6(2)7-4-3-5-7;1-5(2)6-3-4-6/h9H,3-8H2,1-2H3;8H,3-7H2,1-2H3;7-8H,3-6H2,1-2H3;2*7H,3-6H2,1-2H3;7H,3-6H2,1-2H3;6H,3-5H2,1-2H3;5H,3-4H2,1-2H3. The lowest BCUT2D eigenvalue weighted by Gasteiger charge is -2.34. The summed E-state index contributed by atoms with van der Waals surface area (Å²) in [5.41, 5.74) is 0. The van der Waals surface area contributed by atoms with E-state index in [1.54, 1.807) is 0 Å². The second kappa shape index (κ2) is 40.4. The van der Waals surface area contributed by atoms with Crippen molar-refractivity contribution in [2.24, 2.45) is 0 Å². The van der Waals surface area contributed by atoms with E-state index in [4.69, 9.17) is 4.74 Å². The summed E-state index contributed by atoms with van der Waals surface area (Å²) in [4.78, 5) is 20.0. The zero-order chi connectivity index (χ0) is 50.0. The number of likely N-dealkylation sites (tertiary alicyclic amines) is 4. The van der Waals surface area contributed by atoms with Crippen molar-refractivity contribution in [3.05, 3.63) is 0 Å². The Morgan fingerprint density at radius 1 is 0.269 bits per heavy atom. The molecule has 0 aromatic rings. The number of nitrogens with zero attached hydrogens (tertiary/aromatic N) is 8. The van der Waals surface area contributed by atoms with E-state index in [9.17, 15) is 0 Å². The number of nitrogens with one attached hydrogen (secondary N) is 1. The average molecular weight is 969 g/mol. The molecule has 0 saturated carbocycles. The van der Waals surface area contributed by atoms with Gasteiger partial charge in [0.15, 0.2) is 0 Å². The predicted molar refractivity (Wildman–Crippen MR) is 301 cm³/mol. The maximum absolute atomic E-state index is 5.21. The fourth-order valence-corrected chi connectivity index (χ4v) is 10.1. The number of thioether (sulfide) groups is 1. The zero-order valence-corrected chi connectivity index (χ0v) is 49.0. The maximum Gasteiger partial charge on any atom is 0.0594 e. The Hall–Kier alpha value is -0.0500. The lowest BCUT2D eigenvalue weighted by Crippen LogP contribution is -2.46. The van der Waals surface area contributed by atoms with E-state index in [0.717, 1.165) is 81.7 Å². The van der Waals surface area contributed by atoms with E-state index in [1.807, 2.05) is 0 Å². The van der Waals surface area contributed by atoms with Crippen molar-refractivity contribution in [1.29, 1.82) is 0 Å². The van der Waals surface area contributed by atoms with Gasteiger partial charge in [-0.15, -0.1) is 0 Å². The van der Waals surface area contributed by atoms with Crippen LogP contribution in [0.3, 0.4) is 0 Å². The average Bonchev–Trinajstić information content (AvgIpc) is 4.09. The lowest BCUT2D eigenvalue weighted by molar-refractivity contribution is 0.0238. The van der Waals surface area contributed by atoms with Gasteiger partial charge in [-0.25, -0.2) is 0 Å². The Balaban J connectivity index is 0.000000384. The Labute approximate surface area is 425 Å². The molecule has 0 aromatic heterocycles. The van der Waals surface area contributed by atoms with Crippen LogP contribution in [-0.4, -0.2) is 230 Å². The van der Waals surface area contributed by atoms with Gasteiger partial charge in [-0.2, -0.15) is 11.8 Å². The summed E-state index contributed by atoms with van der Waals surface area (Å²) < 4.78 is 5.21. The van der Waals surface area contributed by atoms with Crippen LogP contribution in [0.1, 0.15) is 175 Å². The summed E-state index contributed by atoms with van der Waals surface area (Å²) in [5.74, 6) is 2.66. The fourth-order valence-electron chi connectivity index (χ4n) is 9.12. The van der Waals surface area contributed by atoms with Crippen LogP contribution in [0.5, 0.6) is 0 Å². The van der Waals surface area contributed by atoms with Gasteiger partial charge in [0.05, 0.1) is 13.2 Å². The second-order valence-corrected chi connectivity index (χ2v) is 23.8. The monoisotopic (exact) mass is 968 g/mol. The number of piperidine rings is 1. The summed E-state index contributed by atoms with van der Waals surface area (Å²) in [6.45, 7) is 60.9. The van der Waals surface area contributed by atoms with E-state index < -0.39 is 0 Å². The lowest BCUT2D eigenvalue weighted by atomic mass is 10.1. The minimum Gasteiger partial charge on any atom is -0.379 e. The van der Waals surface area contributed by atoms with Crippen LogP contribution in [0, 0.1) is 0 Å². The molecular formula is C56H121N9OS. The third-order valence-corrected chi connectivity index (χ3v) is 15.6. The van der Waals surface area contributed by atoms with Crippen LogP contribution in [0.15, 0.2) is 0 Å². The van der Waals surface area contributed by atoms with E-state index in [-0.39, 0.29) is 0 Å². The smallest absolute Gasteiger partial charge is 0.0594 e. The van der Waals surface area contributed by atoms with Gasteiger partial charge >= 0.3 is 0 Å². The molecule has 0 radical (unpaired) electrons. The van der Waals surface area contributed by atoms with Crippen molar-refractivity contribution in [2.75, 3.05) is 143 Å². The van der Waals surface area contributed by atoms with Gasteiger partial charge in [-0.1, -0.05) is 19.3 Å². The number of ether oxygens (including phenoxy) is 1. The van der Waals surface area contributed by atoms with Gasteiger partial charge < -0.3 is 29.7 Å². The first kappa shape index (κ1) is 65.0. The van der Waals surface area contributed by atoms with Crippen molar-refractivity contribution < 1.29 is 4.74 Å². The largest absolute Gasteiger partial charge is 0.379 e. The minimum absolute atomic E-state index is 0.689. The van der Waals surface area contributed by atoms with Gasteiger partial charge in [0.25, 0.3) is 0 Å². The minimum atomic E-state index is 0.689. The van der Waals surface area contributed by atoms with Crippen molar-refractivity contribution in [3.8, 4) is 0 Å². The molecule has 8 aliphatic heterocycles. The molecule has 8 saturated heterocycles. The Morgan fingerprint density at radius 2 is 0.507 bits per heavy atom. The van der Waals surface area contributed by atoms with Crippen molar-refractivity contribution in [1.82, 2.24) is 44.5 Å². The van der Waals surface area contributed by atoms with E-state index in [2.05, 4.69) is 167 Å². The first-order chi connectivity index (χ1) is 31.9. The molecule has 10 nitrogen and oxygen atoms in total. The Bertz CT molecular complexity index is 961.